The molecule has 2 aliphatic rings. The first-order chi connectivity index (χ1) is 13.1. The number of nitrogens with two attached hydrogens (primary N) is 1. The minimum atomic E-state index is -3.44. The third-order valence-electron chi connectivity index (χ3n) is 5.24. The number of aliphatic hydroxyl groups is 1. The Labute approximate surface area is 168 Å². The number of urea groups is 1. The molecule has 1 atom stereocenters. The number of amides is 2. The molecule has 7 nitrogen and oxygen atoms in total. The number of nitrogens with one attached hydrogen (secondary N) is 1. The van der Waals surface area contributed by atoms with E-state index < -0.39 is 21.5 Å². The van der Waals surface area contributed by atoms with Crippen LogP contribution in [0.15, 0.2) is 20.8 Å². The highest BCUT2D eigenvalue weighted by Gasteiger charge is 2.26. The van der Waals surface area contributed by atoms with Gasteiger partial charge in [0.25, 0.3) is 0 Å². The van der Waals surface area contributed by atoms with Gasteiger partial charge in [0.2, 0.25) is 0 Å². The first-order valence-electron chi connectivity index (χ1n) is 9.36. The highest BCUT2D eigenvalue weighted by molar-refractivity contribution is 7.93. The summed E-state index contributed by atoms with van der Waals surface area (Å²) in [7, 11) is -3.44. The van der Waals surface area contributed by atoms with E-state index in [2.05, 4.69) is 14.7 Å². The second-order valence-corrected chi connectivity index (χ2v) is 10.9. The molecule has 4 rings (SSSR count). The molecule has 28 heavy (non-hydrogen) atoms. The van der Waals surface area contributed by atoms with E-state index in [0.29, 0.717) is 5.01 Å². The fourth-order valence-electron chi connectivity index (χ4n) is 4.00. The summed E-state index contributed by atoms with van der Waals surface area (Å²) >= 11 is 0.996. The number of benzene rings is 1. The van der Waals surface area contributed by atoms with Crippen LogP contribution in [0.4, 0.5) is 10.5 Å². The monoisotopic (exact) mass is 420 g/mol. The Hall–Kier alpha value is -1.81. The lowest BCUT2D eigenvalue weighted by Gasteiger charge is -2.14. The summed E-state index contributed by atoms with van der Waals surface area (Å²) in [6, 6.07) is 1.31. The van der Waals surface area contributed by atoms with Gasteiger partial charge < -0.3 is 10.4 Å². The third kappa shape index (κ3) is 3.59. The maximum atomic E-state index is 12.8. The summed E-state index contributed by atoms with van der Waals surface area (Å²) in [5, 5.41) is 19.0. The van der Waals surface area contributed by atoms with Gasteiger partial charge in [-0.05, 0) is 80.7 Å². The van der Waals surface area contributed by atoms with Gasteiger partial charge in [0, 0.05) is 5.69 Å². The Morgan fingerprint density at radius 1 is 1.25 bits per heavy atom. The van der Waals surface area contributed by atoms with Crippen molar-refractivity contribution in [3.8, 4) is 0 Å². The van der Waals surface area contributed by atoms with E-state index in [1.165, 1.54) is 28.5 Å². The van der Waals surface area contributed by atoms with E-state index in [9.17, 15) is 14.1 Å². The average molecular weight is 421 g/mol. The first kappa shape index (κ1) is 19.5. The number of fused-ring (bicyclic) bond motifs is 3. The van der Waals surface area contributed by atoms with Crippen molar-refractivity contribution in [2.45, 2.75) is 62.2 Å². The molecule has 150 valence electrons. The topological polar surface area (TPSA) is 118 Å². The molecule has 0 saturated heterocycles. The molecule has 0 fully saturated rings. The summed E-state index contributed by atoms with van der Waals surface area (Å²) in [5.41, 5.74) is 4.88. The van der Waals surface area contributed by atoms with Crippen molar-refractivity contribution in [1.29, 1.82) is 0 Å². The van der Waals surface area contributed by atoms with Gasteiger partial charge in [-0.3, -0.25) is 0 Å². The van der Waals surface area contributed by atoms with Crippen LogP contribution in [0.5, 0.6) is 0 Å². The van der Waals surface area contributed by atoms with E-state index >= 15 is 0 Å². The van der Waals surface area contributed by atoms with Crippen LogP contribution in [0.1, 0.15) is 54.0 Å². The smallest absolute Gasteiger partial charge is 0.354 e. The second-order valence-electron chi connectivity index (χ2n) is 7.86. The molecule has 9 heteroatoms. The molecule has 1 aromatic heterocycles. The van der Waals surface area contributed by atoms with Gasteiger partial charge in [0.05, 0.1) is 6.20 Å². The molecule has 0 bridgehead atoms. The molecule has 1 heterocycles. The van der Waals surface area contributed by atoms with Crippen molar-refractivity contribution in [3.05, 3.63) is 39.5 Å². The van der Waals surface area contributed by atoms with Gasteiger partial charge in [-0.15, -0.1) is 15.7 Å². The van der Waals surface area contributed by atoms with E-state index in [4.69, 9.17) is 5.14 Å². The number of aryl methyl sites for hydroxylation is 1. The molecular formula is C19H24N4O3S2. The van der Waals surface area contributed by atoms with Gasteiger partial charge in [-0.1, -0.05) is 0 Å². The summed E-state index contributed by atoms with van der Waals surface area (Å²) in [5.74, 6) is 0. The van der Waals surface area contributed by atoms with Crippen molar-refractivity contribution in [2.24, 2.45) is 9.50 Å². The van der Waals surface area contributed by atoms with E-state index in [0.717, 1.165) is 55.5 Å². The van der Waals surface area contributed by atoms with Gasteiger partial charge in [0.15, 0.2) is 9.92 Å². The third-order valence-corrected chi connectivity index (χ3v) is 8.43. The van der Waals surface area contributed by atoms with E-state index in [1.54, 1.807) is 13.8 Å². The Kier molecular flexibility index (Phi) is 4.81. The maximum absolute atomic E-state index is 12.8. The zero-order chi connectivity index (χ0) is 20.1. The second kappa shape index (κ2) is 6.91. The zero-order valence-corrected chi connectivity index (χ0v) is 17.6. The van der Waals surface area contributed by atoms with Crippen molar-refractivity contribution < 1.29 is 14.1 Å². The van der Waals surface area contributed by atoms with Gasteiger partial charge >= 0.3 is 6.03 Å². The number of thiazole rings is 1. The largest absolute Gasteiger partial charge is 0.383 e. The number of aromatic nitrogens is 1. The first-order valence-corrected chi connectivity index (χ1v) is 11.8. The molecule has 0 saturated carbocycles. The van der Waals surface area contributed by atoms with Crippen LogP contribution in [-0.4, -0.2) is 20.3 Å². The summed E-state index contributed by atoms with van der Waals surface area (Å²) in [6.07, 6.45) is 7.66. The predicted molar refractivity (Wildman–Crippen MR) is 110 cm³/mol. The molecular weight excluding hydrogens is 396 g/mol. The number of nitrogens with zero attached hydrogens (tertiary/aromatic N) is 2. The zero-order valence-electron chi connectivity index (χ0n) is 15.9. The summed E-state index contributed by atoms with van der Waals surface area (Å²) < 4.78 is 16.7. The highest BCUT2D eigenvalue weighted by Crippen LogP contribution is 2.38. The fourth-order valence-corrected chi connectivity index (χ4v) is 6.06. The molecule has 4 N–H and O–H groups in total. The van der Waals surface area contributed by atoms with Crippen LogP contribution in [0.3, 0.4) is 0 Å². The van der Waals surface area contributed by atoms with Crippen molar-refractivity contribution >= 4 is 33.0 Å². The number of anilines is 1. The minimum Gasteiger partial charge on any atom is -0.383 e. The van der Waals surface area contributed by atoms with Crippen molar-refractivity contribution in [1.82, 2.24) is 4.98 Å². The van der Waals surface area contributed by atoms with Crippen LogP contribution in [0.2, 0.25) is 0 Å². The number of hydrogen-bond donors (Lipinski definition) is 3. The Bertz CT molecular complexity index is 1080. The summed E-state index contributed by atoms with van der Waals surface area (Å²) in [6.45, 7) is 3.15. The van der Waals surface area contributed by atoms with Crippen molar-refractivity contribution in [2.75, 3.05) is 5.32 Å². The Morgan fingerprint density at radius 3 is 2.64 bits per heavy atom. The highest BCUT2D eigenvalue weighted by atomic mass is 32.2. The number of carbonyl (C=O) groups excluding carboxylic acids is 1. The molecule has 0 aliphatic heterocycles. The minimum absolute atomic E-state index is 0.166. The van der Waals surface area contributed by atoms with Gasteiger partial charge in [0.1, 0.15) is 14.8 Å². The standard InChI is InChI=1S/C19H24N4O3S2/c1-19(2,25)17-21-10-16(27-17)28(20,26)23-18(24)22-15-9-11-5-3-6-12(11)13-7-4-8-14(13)15/h9-10,25H,3-8H2,1-2H3,(H3,20,22,23,24,26)/t28-/m0/s1. The molecule has 1 aromatic carbocycles. The Balaban J connectivity index is 1.62. The van der Waals surface area contributed by atoms with Gasteiger partial charge in [-0.2, -0.15) is 0 Å². The predicted octanol–water partition coefficient (Wildman–Crippen LogP) is 3.28. The van der Waals surface area contributed by atoms with Gasteiger partial charge in [-0.25, -0.2) is 19.1 Å². The van der Waals surface area contributed by atoms with Crippen LogP contribution in [0.25, 0.3) is 0 Å². The quantitative estimate of drug-likeness (QED) is 0.706. The lowest BCUT2D eigenvalue weighted by molar-refractivity contribution is 0.0783. The number of carbonyl (C=O) groups is 1. The molecule has 0 radical (unpaired) electrons. The fraction of sp³-hybridized carbons (Fsp3) is 0.474. The lowest BCUT2D eigenvalue weighted by Crippen LogP contribution is -2.17. The van der Waals surface area contributed by atoms with E-state index in [-0.39, 0.29) is 4.21 Å². The van der Waals surface area contributed by atoms with Crippen LogP contribution in [0, 0.1) is 0 Å². The normalized spacial score (nSPS) is 17.7. The SMILES string of the molecule is CC(C)(O)c1ncc([S@@](N)(=O)=NC(=O)Nc2cc3c(c4c2CCC4)CCC3)s1. The summed E-state index contributed by atoms with van der Waals surface area (Å²) in [4.78, 5) is 16.6. The maximum Gasteiger partial charge on any atom is 0.354 e. The average Bonchev–Trinajstić information content (AvgIpc) is 3.32. The molecule has 0 unspecified atom stereocenters. The lowest BCUT2D eigenvalue weighted by atomic mass is 9.98. The molecule has 2 amide bonds. The number of rotatable bonds is 3. The molecule has 0 spiro atoms. The number of hydrogen-bond acceptors (Lipinski definition) is 5. The molecule has 2 aliphatic carbocycles. The van der Waals surface area contributed by atoms with Crippen LogP contribution >= 0.6 is 11.3 Å². The molecule has 2 aromatic rings. The van der Waals surface area contributed by atoms with Crippen LogP contribution in [-0.2, 0) is 41.2 Å². The Morgan fingerprint density at radius 2 is 1.93 bits per heavy atom. The van der Waals surface area contributed by atoms with Crippen molar-refractivity contribution in [3.63, 3.8) is 0 Å². The van der Waals surface area contributed by atoms with Crippen LogP contribution < -0.4 is 10.5 Å². The van der Waals surface area contributed by atoms with E-state index in [1.807, 2.05) is 6.07 Å².